The van der Waals surface area contributed by atoms with E-state index in [-0.39, 0.29) is 17.9 Å². The summed E-state index contributed by atoms with van der Waals surface area (Å²) < 4.78 is 0. The number of nitrogens with zero attached hydrogens (tertiary/aromatic N) is 1. The summed E-state index contributed by atoms with van der Waals surface area (Å²) in [7, 11) is 0. The fourth-order valence-electron chi connectivity index (χ4n) is 3.24. The molecule has 1 saturated heterocycles. The Kier molecular flexibility index (Phi) is 4.88. The van der Waals surface area contributed by atoms with Crippen molar-refractivity contribution in [1.82, 2.24) is 15.2 Å². The van der Waals surface area contributed by atoms with E-state index in [4.69, 9.17) is 0 Å². The molecule has 0 bridgehead atoms. The average Bonchev–Trinajstić information content (AvgIpc) is 2.98. The van der Waals surface area contributed by atoms with Crippen LogP contribution in [-0.2, 0) is 4.79 Å². The number of H-pyrrole nitrogens is 1. The molecule has 2 N–H and O–H groups in total. The Hall–Kier alpha value is -2.30. The van der Waals surface area contributed by atoms with Crippen LogP contribution in [0.4, 0.5) is 0 Å². The lowest BCUT2D eigenvalue weighted by Crippen LogP contribution is -2.46. The summed E-state index contributed by atoms with van der Waals surface area (Å²) >= 11 is 0. The lowest BCUT2D eigenvalue weighted by molar-refractivity contribution is -0.122. The Bertz CT molecular complexity index is 694. The summed E-state index contributed by atoms with van der Waals surface area (Å²) in [6.07, 6.45) is 2.19. The maximum atomic E-state index is 12.7. The molecule has 0 saturated carbocycles. The van der Waals surface area contributed by atoms with Crippen LogP contribution in [-0.4, -0.2) is 40.8 Å². The molecule has 24 heavy (non-hydrogen) atoms. The fourth-order valence-corrected chi connectivity index (χ4v) is 3.24. The Morgan fingerprint density at radius 2 is 1.96 bits per heavy atom. The number of amides is 2. The maximum absolute atomic E-state index is 12.7. The van der Waals surface area contributed by atoms with Crippen LogP contribution in [0.15, 0.2) is 30.3 Å². The molecule has 1 aliphatic heterocycles. The van der Waals surface area contributed by atoms with Gasteiger partial charge in [0.05, 0.1) is 0 Å². The average molecular weight is 327 g/mol. The molecule has 128 valence electrons. The summed E-state index contributed by atoms with van der Waals surface area (Å²) in [5.74, 6) is 0.525. The van der Waals surface area contributed by atoms with E-state index in [1.165, 1.54) is 0 Å². The van der Waals surface area contributed by atoms with E-state index in [2.05, 4.69) is 10.3 Å². The van der Waals surface area contributed by atoms with Crippen LogP contribution in [0.3, 0.4) is 0 Å². The predicted octanol–water partition coefficient (Wildman–Crippen LogP) is 2.93. The highest BCUT2D eigenvalue weighted by atomic mass is 16.2. The number of piperidine rings is 1. The van der Waals surface area contributed by atoms with Gasteiger partial charge in [-0.1, -0.05) is 32.0 Å². The number of benzene rings is 1. The van der Waals surface area contributed by atoms with Gasteiger partial charge >= 0.3 is 0 Å². The third-order valence-corrected chi connectivity index (χ3v) is 4.50. The predicted molar refractivity (Wildman–Crippen MR) is 94.8 cm³/mol. The molecular formula is C19H25N3O2. The van der Waals surface area contributed by atoms with Gasteiger partial charge in [-0.2, -0.15) is 0 Å². The van der Waals surface area contributed by atoms with E-state index in [9.17, 15) is 9.59 Å². The van der Waals surface area contributed by atoms with E-state index in [1.54, 1.807) is 0 Å². The standard InChI is InChI=1S/C19H25N3O2/c1-13(2)11-18(23)20-15-7-9-22(10-8-15)19(24)17-12-14-5-3-4-6-16(14)21-17/h3-6,12-13,15,21H,7-11H2,1-2H3,(H,20,23). The second-order valence-corrected chi connectivity index (χ2v) is 7.00. The van der Waals surface area contributed by atoms with Crippen molar-refractivity contribution in [3.63, 3.8) is 0 Å². The maximum Gasteiger partial charge on any atom is 0.270 e. The van der Waals surface area contributed by atoms with Crippen molar-refractivity contribution in [2.75, 3.05) is 13.1 Å². The molecule has 1 aromatic heterocycles. The van der Waals surface area contributed by atoms with Gasteiger partial charge in [0, 0.05) is 36.5 Å². The highest BCUT2D eigenvalue weighted by molar-refractivity contribution is 5.98. The van der Waals surface area contributed by atoms with Crippen LogP contribution in [0, 0.1) is 5.92 Å². The van der Waals surface area contributed by atoms with Gasteiger partial charge in [0.25, 0.3) is 5.91 Å². The number of likely N-dealkylation sites (tertiary alicyclic amines) is 1. The summed E-state index contributed by atoms with van der Waals surface area (Å²) in [6.45, 7) is 5.45. The van der Waals surface area contributed by atoms with Gasteiger partial charge in [0.1, 0.15) is 5.69 Å². The van der Waals surface area contributed by atoms with Gasteiger partial charge in [-0.3, -0.25) is 9.59 Å². The van der Waals surface area contributed by atoms with Gasteiger partial charge in [-0.05, 0) is 30.9 Å². The Morgan fingerprint density at radius 1 is 1.25 bits per heavy atom. The van der Waals surface area contributed by atoms with E-state index in [1.807, 2.05) is 49.1 Å². The minimum atomic E-state index is 0.0400. The highest BCUT2D eigenvalue weighted by Gasteiger charge is 2.25. The number of nitrogens with one attached hydrogen (secondary N) is 2. The van der Waals surface area contributed by atoms with E-state index < -0.39 is 0 Å². The molecule has 1 fully saturated rings. The number of carbonyl (C=O) groups is 2. The number of hydrogen-bond acceptors (Lipinski definition) is 2. The number of rotatable bonds is 4. The third-order valence-electron chi connectivity index (χ3n) is 4.50. The minimum Gasteiger partial charge on any atom is -0.353 e. The Balaban J connectivity index is 1.56. The van der Waals surface area contributed by atoms with E-state index in [0.29, 0.717) is 31.1 Å². The van der Waals surface area contributed by atoms with Gasteiger partial charge in [0.2, 0.25) is 5.91 Å². The first-order valence-corrected chi connectivity index (χ1v) is 8.69. The number of aromatic amines is 1. The van der Waals surface area contributed by atoms with Crippen LogP contribution in [0.5, 0.6) is 0 Å². The third kappa shape index (κ3) is 3.78. The normalized spacial score (nSPS) is 15.9. The molecular weight excluding hydrogens is 302 g/mol. The van der Waals surface area contributed by atoms with Crippen molar-refractivity contribution in [1.29, 1.82) is 0 Å². The zero-order valence-electron chi connectivity index (χ0n) is 14.3. The largest absolute Gasteiger partial charge is 0.353 e. The molecule has 0 radical (unpaired) electrons. The quantitative estimate of drug-likeness (QED) is 0.907. The van der Waals surface area contributed by atoms with Crippen molar-refractivity contribution >= 4 is 22.7 Å². The molecule has 3 rings (SSSR count). The van der Waals surface area contributed by atoms with Crippen molar-refractivity contribution in [3.05, 3.63) is 36.0 Å². The summed E-state index contributed by atoms with van der Waals surface area (Å²) in [5.41, 5.74) is 1.62. The van der Waals surface area contributed by atoms with Crippen molar-refractivity contribution in [2.24, 2.45) is 5.92 Å². The highest BCUT2D eigenvalue weighted by Crippen LogP contribution is 2.18. The molecule has 5 heteroatoms. The number of carbonyl (C=O) groups excluding carboxylic acids is 2. The summed E-state index contributed by atoms with van der Waals surface area (Å²) in [6, 6.07) is 9.99. The SMILES string of the molecule is CC(C)CC(=O)NC1CCN(C(=O)c2cc3ccccc3[nH]2)CC1. The second kappa shape index (κ2) is 7.07. The Labute approximate surface area is 142 Å². The molecule has 2 amide bonds. The second-order valence-electron chi connectivity index (χ2n) is 7.00. The van der Waals surface area contributed by atoms with E-state index >= 15 is 0 Å². The first kappa shape index (κ1) is 16.6. The summed E-state index contributed by atoms with van der Waals surface area (Å²) in [4.78, 5) is 29.6. The number of fused-ring (bicyclic) bond motifs is 1. The van der Waals surface area contributed by atoms with Crippen LogP contribution in [0.2, 0.25) is 0 Å². The van der Waals surface area contributed by atoms with Crippen LogP contribution in [0.25, 0.3) is 10.9 Å². The zero-order chi connectivity index (χ0) is 17.1. The van der Waals surface area contributed by atoms with Gasteiger partial charge in [-0.15, -0.1) is 0 Å². The zero-order valence-corrected chi connectivity index (χ0v) is 14.3. The van der Waals surface area contributed by atoms with E-state index in [0.717, 1.165) is 23.7 Å². The lowest BCUT2D eigenvalue weighted by Gasteiger charge is -2.32. The monoisotopic (exact) mass is 327 g/mol. The fraction of sp³-hybridized carbons (Fsp3) is 0.474. The lowest BCUT2D eigenvalue weighted by atomic mass is 10.0. The number of aromatic nitrogens is 1. The first-order chi connectivity index (χ1) is 11.5. The first-order valence-electron chi connectivity index (χ1n) is 8.69. The van der Waals surface area contributed by atoms with Crippen molar-refractivity contribution in [2.45, 2.75) is 39.2 Å². The molecule has 2 heterocycles. The molecule has 0 unspecified atom stereocenters. The van der Waals surface area contributed by atoms with Crippen molar-refractivity contribution in [3.8, 4) is 0 Å². The molecule has 2 aromatic rings. The molecule has 5 nitrogen and oxygen atoms in total. The topological polar surface area (TPSA) is 65.2 Å². The molecule has 1 aliphatic rings. The van der Waals surface area contributed by atoms with Gasteiger partial charge in [-0.25, -0.2) is 0 Å². The van der Waals surface area contributed by atoms with Crippen LogP contribution >= 0.6 is 0 Å². The smallest absolute Gasteiger partial charge is 0.270 e. The van der Waals surface area contributed by atoms with Crippen LogP contribution < -0.4 is 5.32 Å². The van der Waals surface area contributed by atoms with Gasteiger partial charge < -0.3 is 15.2 Å². The molecule has 0 aliphatic carbocycles. The minimum absolute atomic E-state index is 0.0400. The molecule has 1 aromatic carbocycles. The Morgan fingerprint density at radius 3 is 2.62 bits per heavy atom. The van der Waals surface area contributed by atoms with Crippen LogP contribution in [0.1, 0.15) is 43.6 Å². The molecule has 0 spiro atoms. The van der Waals surface area contributed by atoms with Crippen molar-refractivity contribution < 1.29 is 9.59 Å². The number of para-hydroxylation sites is 1. The summed E-state index contributed by atoms with van der Waals surface area (Å²) in [5, 5.41) is 4.14. The number of hydrogen-bond donors (Lipinski definition) is 2. The molecule has 0 atom stereocenters. The van der Waals surface area contributed by atoms with Gasteiger partial charge in [0.15, 0.2) is 0 Å².